The fourth-order valence-electron chi connectivity index (χ4n) is 2.03. The minimum atomic E-state index is -0.183. The standard InChI is InChI=1S/C17H14N4O2S/c1-11(22)19-13-4-6-14(7-5-13)20-17-21-16(23)15(24-17)9-12-3-2-8-18-10-12/h2-10H,1H3,(H,19,22)(H,20,21,23). The van der Waals surface area contributed by atoms with Gasteiger partial charge in [-0.25, -0.2) is 4.99 Å². The van der Waals surface area contributed by atoms with Gasteiger partial charge in [0.25, 0.3) is 5.91 Å². The molecule has 1 saturated heterocycles. The monoisotopic (exact) mass is 338 g/mol. The van der Waals surface area contributed by atoms with Crippen molar-refractivity contribution < 1.29 is 9.59 Å². The molecule has 3 rings (SSSR count). The number of carbonyl (C=O) groups is 2. The molecule has 0 atom stereocenters. The Morgan fingerprint density at radius 2 is 2.08 bits per heavy atom. The molecule has 1 aromatic carbocycles. The van der Waals surface area contributed by atoms with E-state index in [2.05, 4.69) is 20.6 Å². The molecule has 2 aromatic rings. The lowest BCUT2D eigenvalue weighted by Crippen LogP contribution is -2.19. The third kappa shape index (κ3) is 4.08. The third-order valence-corrected chi connectivity index (χ3v) is 3.96. The molecule has 1 aliphatic heterocycles. The predicted octanol–water partition coefficient (Wildman–Crippen LogP) is 2.93. The van der Waals surface area contributed by atoms with Gasteiger partial charge in [-0.2, -0.15) is 0 Å². The van der Waals surface area contributed by atoms with Crippen LogP contribution in [0.2, 0.25) is 0 Å². The molecule has 0 aliphatic carbocycles. The highest BCUT2D eigenvalue weighted by Crippen LogP contribution is 2.28. The number of nitrogens with zero attached hydrogens (tertiary/aromatic N) is 2. The second-order valence-electron chi connectivity index (χ2n) is 5.00. The molecule has 6 nitrogen and oxygen atoms in total. The minimum absolute atomic E-state index is 0.127. The average molecular weight is 338 g/mol. The maximum atomic E-state index is 12.0. The van der Waals surface area contributed by atoms with Gasteiger partial charge in [-0.05, 0) is 53.7 Å². The topological polar surface area (TPSA) is 83.5 Å². The number of pyridine rings is 1. The predicted molar refractivity (Wildman–Crippen MR) is 95.8 cm³/mol. The van der Waals surface area contributed by atoms with E-state index in [0.29, 0.717) is 21.4 Å². The summed E-state index contributed by atoms with van der Waals surface area (Å²) < 4.78 is 0. The van der Waals surface area contributed by atoms with Crippen LogP contribution in [0.3, 0.4) is 0 Å². The van der Waals surface area contributed by atoms with Gasteiger partial charge in [-0.1, -0.05) is 6.07 Å². The number of hydrogen-bond acceptors (Lipinski definition) is 5. The molecule has 0 spiro atoms. The number of nitrogens with one attached hydrogen (secondary N) is 2. The first-order chi connectivity index (χ1) is 11.6. The van der Waals surface area contributed by atoms with Crippen LogP contribution in [-0.4, -0.2) is 22.0 Å². The first-order valence-corrected chi connectivity index (χ1v) is 7.99. The van der Waals surface area contributed by atoms with E-state index in [0.717, 1.165) is 5.56 Å². The second-order valence-corrected chi connectivity index (χ2v) is 6.03. The van der Waals surface area contributed by atoms with Crippen molar-refractivity contribution in [2.45, 2.75) is 6.92 Å². The lowest BCUT2D eigenvalue weighted by Gasteiger charge is -2.02. The van der Waals surface area contributed by atoms with Crippen molar-refractivity contribution in [1.82, 2.24) is 10.3 Å². The number of aliphatic imine (C=N–C) groups is 1. The molecule has 7 heteroatoms. The quantitative estimate of drug-likeness (QED) is 0.843. The number of amidine groups is 1. The maximum Gasteiger partial charge on any atom is 0.264 e. The van der Waals surface area contributed by atoms with E-state index < -0.39 is 0 Å². The van der Waals surface area contributed by atoms with Gasteiger partial charge in [-0.3, -0.25) is 14.6 Å². The first kappa shape index (κ1) is 15.9. The van der Waals surface area contributed by atoms with Crippen molar-refractivity contribution in [2.75, 3.05) is 5.32 Å². The number of amides is 2. The zero-order valence-corrected chi connectivity index (χ0v) is 13.6. The molecule has 24 heavy (non-hydrogen) atoms. The van der Waals surface area contributed by atoms with Crippen LogP contribution in [0, 0.1) is 0 Å². The lowest BCUT2D eigenvalue weighted by molar-refractivity contribution is -0.115. The van der Waals surface area contributed by atoms with Crippen LogP contribution in [0.4, 0.5) is 11.4 Å². The fourth-order valence-corrected chi connectivity index (χ4v) is 2.87. The molecular weight excluding hydrogens is 324 g/mol. The lowest BCUT2D eigenvalue weighted by atomic mass is 10.2. The molecular formula is C17H14N4O2S. The Kier molecular flexibility index (Phi) is 4.72. The van der Waals surface area contributed by atoms with E-state index in [1.165, 1.54) is 18.7 Å². The molecule has 2 heterocycles. The number of rotatable bonds is 3. The molecule has 0 radical (unpaired) electrons. The smallest absolute Gasteiger partial charge is 0.264 e. The molecule has 120 valence electrons. The Morgan fingerprint density at radius 1 is 1.29 bits per heavy atom. The van der Waals surface area contributed by atoms with Crippen molar-refractivity contribution in [3.63, 3.8) is 0 Å². The van der Waals surface area contributed by atoms with Crippen molar-refractivity contribution in [2.24, 2.45) is 4.99 Å². The van der Waals surface area contributed by atoms with Crippen LogP contribution < -0.4 is 10.6 Å². The van der Waals surface area contributed by atoms with Crippen LogP contribution >= 0.6 is 11.8 Å². The normalized spacial score (nSPS) is 17.1. The molecule has 2 N–H and O–H groups in total. The van der Waals surface area contributed by atoms with Crippen LogP contribution in [0.5, 0.6) is 0 Å². The summed E-state index contributed by atoms with van der Waals surface area (Å²) in [5.74, 6) is -0.310. The molecule has 0 unspecified atom stereocenters. The molecule has 0 saturated carbocycles. The summed E-state index contributed by atoms with van der Waals surface area (Å²) in [6, 6.07) is 10.8. The zero-order valence-electron chi connectivity index (χ0n) is 12.8. The van der Waals surface area contributed by atoms with Gasteiger partial charge in [0.05, 0.1) is 10.6 Å². The van der Waals surface area contributed by atoms with Gasteiger partial charge >= 0.3 is 0 Å². The van der Waals surface area contributed by atoms with Crippen LogP contribution in [0.1, 0.15) is 12.5 Å². The highest BCUT2D eigenvalue weighted by atomic mass is 32.2. The van der Waals surface area contributed by atoms with Crippen molar-refractivity contribution in [3.05, 3.63) is 59.3 Å². The molecule has 1 aliphatic rings. The summed E-state index contributed by atoms with van der Waals surface area (Å²) in [6.45, 7) is 1.45. The third-order valence-electron chi connectivity index (χ3n) is 3.05. The Labute approximate surface area is 143 Å². The van der Waals surface area contributed by atoms with E-state index in [9.17, 15) is 9.59 Å². The largest absolute Gasteiger partial charge is 0.326 e. The number of anilines is 1. The number of aromatic nitrogens is 1. The van der Waals surface area contributed by atoms with E-state index in [-0.39, 0.29) is 11.8 Å². The van der Waals surface area contributed by atoms with E-state index in [4.69, 9.17) is 0 Å². The van der Waals surface area contributed by atoms with Crippen LogP contribution in [0.15, 0.2) is 58.7 Å². The summed E-state index contributed by atoms with van der Waals surface area (Å²) in [5, 5.41) is 5.94. The number of hydrogen-bond donors (Lipinski definition) is 2. The number of thioether (sulfide) groups is 1. The van der Waals surface area contributed by atoms with E-state index in [1.54, 1.807) is 42.7 Å². The van der Waals surface area contributed by atoms with Crippen LogP contribution in [-0.2, 0) is 9.59 Å². The Hall–Kier alpha value is -2.93. The summed E-state index contributed by atoms with van der Waals surface area (Å²) in [4.78, 5) is 32.0. The number of carbonyl (C=O) groups excluding carboxylic acids is 2. The van der Waals surface area contributed by atoms with Crippen LogP contribution in [0.25, 0.3) is 6.08 Å². The average Bonchev–Trinajstić information content (AvgIpc) is 2.89. The second kappa shape index (κ2) is 7.10. The maximum absolute atomic E-state index is 12.0. The summed E-state index contributed by atoms with van der Waals surface area (Å²) >= 11 is 1.28. The summed E-state index contributed by atoms with van der Waals surface area (Å²) in [6.07, 6.45) is 5.15. The summed E-state index contributed by atoms with van der Waals surface area (Å²) in [7, 11) is 0. The SMILES string of the molecule is CC(=O)Nc1ccc(N=C2NC(=O)C(=Cc3cccnc3)S2)cc1. The molecule has 0 bridgehead atoms. The highest BCUT2D eigenvalue weighted by molar-refractivity contribution is 8.18. The van der Waals surface area contributed by atoms with Gasteiger partial charge < -0.3 is 10.6 Å². The zero-order chi connectivity index (χ0) is 16.9. The Balaban J connectivity index is 1.74. The summed E-state index contributed by atoms with van der Waals surface area (Å²) in [5.41, 5.74) is 2.25. The van der Waals surface area contributed by atoms with Crippen molar-refractivity contribution >= 4 is 46.2 Å². The van der Waals surface area contributed by atoms with Gasteiger partial charge in [-0.15, -0.1) is 0 Å². The van der Waals surface area contributed by atoms with Gasteiger partial charge in [0.2, 0.25) is 5.91 Å². The van der Waals surface area contributed by atoms with Gasteiger partial charge in [0.1, 0.15) is 0 Å². The van der Waals surface area contributed by atoms with Crippen molar-refractivity contribution in [1.29, 1.82) is 0 Å². The van der Waals surface area contributed by atoms with E-state index >= 15 is 0 Å². The first-order valence-electron chi connectivity index (χ1n) is 7.17. The fraction of sp³-hybridized carbons (Fsp3) is 0.0588. The Bertz CT molecular complexity index is 829. The van der Waals surface area contributed by atoms with Gasteiger partial charge in [0, 0.05) is 25.0 Å². The minimum Gasteiger partial charge on any atom is -0.326 e. The van der Waals surface area contributed by atoms with Gasteiger partial charge in [0.15, 0.2) is 5.17 Å². The number of benzene rings is 1. The van der Waals surface area contributed by atoms with Crippen molar-refractivity contribution in [3.8, 4) is 0 Å². The highest BCUT2D eigenvalue weighted by Gasteiger charge is 2.23. The Morgan fingerprint density at radius 3 is 2.75 bits per heavy atom. The van der Waals surface area contributed by atoms with E-state index in [1.807, 2.05) is 12.1 Å². The molecule has 1 fully saturated rings. The molecule has 2 amide bonds. The molecule has 1 aromatic heterocycles.